The Bertz CT molecular complexity index is 1320. The van der Waals surface area contributed by atoms with Gasteiger partial charge in [0, 0.05) is 21.4 Å². The van der Waals surface area contributed by atoms with E-state index >= 15 is 0 Å². The summed E-state index contributed by atoms with van der Waals surface area (Å²) in [5.41, 5.74) is 1.93. The minimum absolute atomic E-state index is 0.198. The smallest absolute Gasteiger partial charge is 0.181 e. The number of benzene rings is 2. The number of nitrogens with one attached hydrogen (secondary N) is 2. The fourth-order valence-electron chi connectivity index (χ4n) is 2.94. The molecule has 0 atom stereocenters. The molecule has 0 unspecified atom stereocenters. The first-order valence-electron chi connectivity index (χ1n) is 8.50. The first kappa shape index (κ1) is 18.8. The van der Waals surface area contributed by atoms with Gasteiger partial charge in [-0.3, -0.25) is 10.1 Å². The number of hydrogen-bond donors (Lipinski definition) is 2. The van der Waals surface area contributed by atoms with Gasteiger partial charge in [0.1, 0.15) is 5.82 Å². The van der Waals surface area contributed by atoms with Crippen molar-refractivity contribution in [3.8, 4) is 0 Å². The molecule has 0 radical (unpaired) electrons. The number of fused-ring (bicyclic) bond motifs is 2. The molecule has 0 bridgehead atoms. The Morgan fingerprint density at radius 1 is 1.14 bits per heavy atom. The normalized spacial score (nSPS) is 12.2. The number of nitrogens with zero attached hydrogens (tertiary/aromatic N) is 2. The third-order valence-electron chi connectivity index (χ3n) is 4.50. The van der Waals surface area contributed by atoms with Crippen molar-refractivity contribution >= 4 is 59.1 Å². The van der Waals surface area contributed by atoms with E-state index in [9.17, 15) is 12.8 Å². The molecule has 0 fully saturated rings. The van der Waals surface area contributed by atoms with Crippen LogP contribution in [0.15, 0.2) is 52.0 Å². The number of aromatic nitrogens is 3. The van der Waals surface area contributed by atoms with Crippen molar-refractivity contribution in [2.75, 3.05) is 5.32 Å². The summed E-state index contributed by atoms with van der Waals surface area (Å²) in [4.78, 5) is 4.52. The van der Waals surface area contributed by atoms with E-state index < -0.39 is 15.1 Å². The average Bonchev–Trinajstić information content (AvgIpc) is 3.03. The van der Waals surface area contributed by atoms with E-state index in [1.165, 1.54) is 12.1 Å². The third-order valence-corrected chi connectivity index (χ3v) is 7.61. The first-order chi connectivity index (χ1) is 13.3. The molecular weight excluding hydrogens is 447 g/mol. The molecule has 0 aliphatic heterocycles. The molecule has 0 amide bonds. The maximum atomic E-state index is 13.6. The first-order valence-corrected chi connectivity index (χ1v) is 10.8. The van der Waals surface area contributed by atoms with E-state index in [1.54, 1.807) is 44.3 Å². The lowest BCUT2D eigenvalue weighted by atomic mass is 10.2. The summed E-state index contributed by atoms with van der Waals surface area (Å²) in [6.45, 7) is 3.28. The number of halogens is 2. The zero-order valence-corrected chi connectivity index (χ0v) is 17.4. The molecule has 9 heteroatoms. The predicted molar refractivity (Wildman–Crippen MR) is 111 cm³/mol. The minimum atomic E-state index is -3.49. The second-order valence-corrected chi connectivity index (χ2v) is 9.97. The van der Waals surface area contributed by atoms with Gasteiger partial charge >= 0.3 is 0 Å². The minimum Gasteiger partial charge on any atom is -0.338 e. The highest BCUT2D eigenvalue weighted by atomic mass is 79.9. The van der Waals surface area contributed by atoms with Crippen molar-refractivity contribution in [3.05, 3.63) is 52.9 Å². The quantitative estimate of drug-likeness (QED) is 0.448. The molecule has 0 saturated carbocycles. The molecule has 0 aliphatic rings. The molecular formula is C19H16BrFN4O2S. The topological polar surface area (TPSA) is 87.7 Å². The summed E-state index contributed by atoms with van der Waals surface area (Å²) >= 11 is 3.35. The summed E-state index contributed by atoms with van der Waals surface area (Å²) in [5.74, 6) is 0.0731. The predicted octanol–water partition coefficient (Wildman–Crippen LogP) is 4.94. The van der Waals surface area contributed by atoms with Crippen molar-refractivity contribution in [2.45, 2.75) is 24.0 Å². The largest absolute Gasteiger partial charge is 0.338 e. The van der Waals surface area contributed by atoms with Crippen LogP contribution in [0, 0.1) is 5.82 Å². The average molecular weight is 463 g/mol. The van der Waals surface area contributed by atoms with Gasteiger partial charge in [-0.1, -0.05) is 0 Å². The van der Waals surface area contributed by atoms with E-state index in [4.69, 9.17) is 0 Å². The molecule has 2 aromatic carbocycles. The molecule has 0 aliphatic carbocycles. The SMILES string of the molecule is CC(C)S(=O)(=O)c1cc2c(Nc3n[nH]c4ccc(F)cc34)ccnc2cc1Br. The van der Waals surface area contributed by atoms with E-state index in [-0.39, 0.29) is 10.7 Å². The van der Waals surface area contributed by atoms with Crippen molar-refractivity contribution < 1.29 is 12.8 Å². The zero-order valence-electron chi connectivity index (χ0n) is 15.0. The van der Waals surface area contributed by atoms with Crippen LogP contribution in [0.5, 0.6) is 0 Å². The van der Waals surface area contributed by atoms with E-state index in [2.05, 4.69) is 36.4 Å². The Labute approximate surface area is 169 Å². The van der Waals surface area contributed by atoms with Crippen LogP contribution >= 0.6 is 15.9 Å². The number of pyridine rings is 1. The fraction of sp³-hybridized carbons (Fsp3) is 0.158. The standard InChI is InChI=1S/C19H16BrFN4O2S/c1-10(2)28(26,27)18-8-12-15(5-6-22-17(12)9-14(18)20)23-19-13-7-11(21)3-4-16(13)24-25-19/h3-10H,1-2H3,(H2,22,23,24,25). The van der Waals surface area contributed by atoms with Gasteiger partial charge < -0.3 is 5.32 Å². The van der Waals surface area contributed by atoms with Crippen LogP contribution < -0.4 is 5.32 Å². The lowest BCUT2D eigenvalue weighted by Gasteiger charge is -2.13. The van der Waals surface area contributed by atoms with Gasteiger partial charge in [0.25, 0.3) is 0 Å². The Morgan fingerprint density at radius 2 is 1.93 bits per heavy atom. The number of anilines is 2. The van der Waals surface area contributed by atoms with Gasteiger partial charge in [0.15, 0.2) is 15.7 Å². The molecule has 144 valence electrons. The van der Waals surface area contributed by atoms with E-state index in [1.807, 2.05) is 0 Å². The van der Waals surface area contributed by atoms with Crippen molar-refractivity contribution in [3.63, 3.8) is 0 Å². The molecule has 2 aromatic heterocycles. The number of H-pyrrole nitrogens is 1. The van der Waals surface area contributed by atoms with Gasteiger partial charge in [0.05, 0.1) is 26.9 Å². The Hall–Kier alpha value is -2.52. The van der Waals surface area contributed by atoms with Crippen LogP contribution in [-0.4, -0.2) is 28.8 Å². The Morgan fingerprint density at radius 3 is 2.68 bits per heavy atom. The van der Waals surface area contributed by atoms with Crippen molar-refractivity contribution in [2.24, 2.45) is 0 Å². The lowest BCUT2D eigenvalue weighted by molar-refractivity contribution is 0.587. The van der Waals surface area contributed by atoms with Gasteiger partial charge in [-0.2, -0.15) is 5.10 Å². The van der Waals surface area contributed by atoms with Crippen LogP contribution in [0.2, 0.25) is 0 Å². The summed E-state index contributed by atoms with van der Waals surface area (Å²) in [6.07, 6.45) is 1.61. The fourth-order valence-corrected chi connectivity index (χ4v) is 5.07. The van der Waals surface area contributed by atoms with Gasteiger partial charge in [-0.05, 0) is 66.2 Å². The summed E-state index contributed by atoms with van der Waals surface area (Å²) in [5, 5.41) is 10.9. The maximum Gasteiger partial charge on any atom is 0.181 e. The second-order valence-electron chi connectivity index (χ2n) is 6.64. The molecule has 6 nitrogen and oxygen atoms in total. The van der Waals surface area contributed by atoms with Gasteiger partial charge in [-0.15, -0.1) is 0 Å². The van der Waals surface area contributed by atoms with Crippen LogP contribution in [0.1, 0.15) is 13.8 Å². The van der Waals surface area contributed by atoms with E-state index in [0.29, 0.717) is 37.8 Å². The van der Waals surface area contributed by atoms with E-state index in [0.717, 1.165) is 0 Å². The Kier molecular flexibility index (Phi) is 4.59. The van der Waals surface area contributed by atoms with Gasteiger partial charge in [-0.25, -0.2) is 12.8 Å². The molecule has 28 heavy (non-hydrogen) atoms. The van der Waals surface area contributed by atoms with Crippen LogP contribution in [0.4, 0.5) is 15.9 Å². The molecule has 4 rings (SSSR count). The summed E-state index contributed by atoms with van der Waals surface area (Å²) in [6, 6.07) is 9.35. The lowest BCUT2D eigenvalue weighted by Crippen LogP contribution is -2.14. The number of hydrogen-bond acceptors (Lipinski definition) is 5. The summed E-state index contributed by atoms with van der Waals surface area (Å²) < 4.78 is 39.5. The number of sulfone groups is 1. The number of rotatable bonds is 4. The molecule has 2 heterocycles. The second kappa shape index (κ2) is 6.82. The molecule has 0 spiro atoms. The van der Waals surface area contributed by atoms with Crippen LogP contribution in [0.25, 0.3) is 21.8 Å². The van der Waals surface area contributed by atoms with Crippen LogP contribution in [-0.2, 0) is 9.84 Å². The van der Waals surface area contributed by atoms with Crippen molar-refractivity contribution in [1.29, 1.82) is 0 Å². The highest BCUT2D eigenvalue weighted by Crippen LogP contribution is 2.34. The van der Waals surface area contributed by atoms with Gasteiger partial charge in [0.2, 0.25) is 0 Å². The Balaban J connectivity index is 1.88. The highest BCUT2D eigenvalue weighted by Gasteiger charge is 2.23. The summed E-state index contributed by atoms with van der Waals surface area (Å²) in [7, 11) is -3.49. The zero-order chi connectivity index (χ0) is 20.1. The third kappa shape index (κ3) is 3.14. The highest BCUT2D eigenvalue weighted by molar-refractivity contribution is 9.10. The van der Waals surface area contributed by atoms with Crippen molar-refractivity contribution in [1.82, 2.24) is 15.2 Å². The maximum absolute atomic E-state index is 13.6. The molecule has 0 saturated heterocycles. The molecule has 2 N–H and O–H groups in total. The van der Waals surface area contributed by atoms with Crippen LogP contribution in [0.3, 0.4) is 0 Å². The monoisotopic (exact) mass is 462 g/mol. The molecule has 4 aromatic rings. The number of aromatic amines is 1.